The Balaban J connectivity index is 1.99. The summed E-state index contributed by atoms with van der Waals surface area (Å²) in [5, 5.41) is 3.32. The van der Waals surface area contributed by atoms with Crippen LogP contribution in [0.3, 0.4) is 0 Å². The monoisotopic (exact) mass is 252 g/mol. The maximum atomic E-state index is 5.84. The maximum Gasteiger partial charge on any atom is 0.224 e. The first kappa shape index (κ1) is 11.7. The van der Waals surface area contributed by atoms with Gasteiger partial charge in [0.15, 0.2) is 5.82 Å². The summed E-state index contributed by atoms with van der Waals surface area (Å²) in [5.74, 6) is 0.571. The van der Waals surface area contributed by atoms with Crippen molar-refractivity contribution in [3.8, 4) is 0 Å². The van der Waals surface area contributed by atoms with E-state index in [9.17, 15) is 0 Å². The highest BCUT2D eigenvalue weighted by Crippen LogP contribution is 2.20. The molecule has 0 fully saturated rings. The fraction of sp³-hybridized carbons (Fsp3) is 0.300. The van der Waals surface area contributed by atoms with Crippen molar-refractivity contribution in [2.45, 2.75) is 13.3 Å². The number of aromatic nitrogens is 4. The second kappa shape index (κ2) is 5.01. The molecular formula is C10H13ClN6. The first-order chi connectivity index (χ1) is 8.16. The van der Waals surface area contributed by atoms with Crippen LogP contribution >= 0.6 is 11.6 Å². The first-order valence-corrected chi connectivity index (χ1v) is 5.55. The lowest BCUT2D eigenvalue weighted by molar-refractivity contribution is 0.962. The van der Waals surface area contributed by atoms with Gasteiger partial charge in [-0.25, -0.2) is 9.97 Å². The molecule has 2 aromatic rings. The Kier molecular flexibility index (Phi) is 3.43. The zero-order valence-electron chi connectivity index (χ0n) is 9.37. The fourth-order valence-electron chi connectivity index (χ4n) is 1.42. The maximum absolute atomic E-state index is 5.84. The van der Waals surface area contributed by atoms with Crippen molar-refractivity contribution in [2.24, 2.45) is 0 Å². The highest BCUT2D eigenvalue weighted by molar-refractivity contribution is 6.28. The first-order valence-electron chi connectivity index (χ1n) is 5.17. The molecule has 0 spiro atoms. The van der Waals surface area contributed by atoms with Gasteiger partial charge in [-0.05, 0) is 18.5 Å². The fourth-order valence-corrected chi connectivity index (χ4v) is 1.63. The minimum Gasteiger partial charge on any atom is -0.394 e. The summed E-state index contributed by atoms with van der Waals surface area (Å²) in [6.45, 7) is 2.49. The molecule has 0 unspecified atom stereocenters. The Bertz CT molecular complexity index is 496. The van der Waals surface area contributed by atoms with E-state index in [-0.39, 0.29) is 5.28 Å². The summed E-state index contributed by atoms with van der Waals surface area (Å²) >= 11 is 5.77. The molecule has 0 bridgehead atoms. The molecule has 0 atom stereocenters. The Labute approximate surface area is 104 Å². The zero-order chi connectivity index (χ0) is 12.3. The molecule has 90 valence electrons. The van der Waals surface area contributed by atoms with E-state index in [2.05, 4.69) is 25.3 Å². The number of imidazole rings is 1. The minimum atomic E-state index is 0.195. The van der Waals surface area contributed by atoms with Crippen molar-refractivity contribution in [2.75, 3.05) is 17.6 Å². The molecule has 0 aliphatic rings. The third-order valence-electron chi connectivity index (χ3n) is 2.35. The van der Waals surface area contributed by atoms with Gasteiger partial charge < -0.3 is 16.0 Å². The van der Waals surface area contributed by atoms with Gasteiger partial charge in [0.2, 0.25) is 5.28 Å². The molecule has 0 saturated carbocycles. The molecule has 0 saturated heterocycles. The van der Waals surface area contributed by atoms with Crippen LogP contribution in [0.2, 0.25) is 5.28 Å². The van der Waals surface area contributed by atoms with Gasteiger partial charge in [-0.2, -0.15) is 4.98 Å². The van der Waals surface area contributed by atoms with Crippen LogP contribution in [0.1, 0.15) is 11.4 Å². The number of halogens is 1. The number of hydrogen-bond acceptors (Lipinski definition) is 5. The average Bonchev–Trinajstić information content (AvgIpc) is 2.78. The van der Waals surface area contributed by atoms with Gasteiger partial charge >= 0.3 is 0 Å². The quantitative estimate of drug-likeness (QED) is 0.716. The van der Waals surface area contributed by atoms with Crippen molar-refractivity contribution in [3.63, 3.8) is 0 Å². The van der Waals surface area contributed by atoms with Crippen LogP contribution in [-0.2, 0) is 6.42 Å². The van der Waals surface area contributed by atoms with Gasteiger partial charge in [0.1, 0.15) is 0 Å². The molecule has 4 N–H and O–H groups in total. The third kappa shape index (κ3) is 2.85. The largest absolute Gasteiger partial charge is 0.394 e. The summed E-state index contributed by atoms with van der Waals surface area (Å²) in [4.78, 5) is 15.0. The molecule has 0 aliphatic heterocycles. The van der Waals surface area contributed by atoms with Gasteiger partial charge in [-0.3, -0.25) is 0 Å². The predicted octanol–water partition coefficient (Wildman–Crippen LogP) is 1.40. The number of aromatic amines is 1. The van der Waals surface area contributed by atoms with E-state index in [1.165, 1.54) is 0 Å². The summed E-state index contributed by atoms with van der Waals surface area (Å²) < 4.78 is 0. The smallest absolute Gasteiger partial charge is 0.224 e. The number of H-pyrrole nitrogens is 1. The van der Waals surface area contributed by atoms with Crippen molar-refractivity contribution in [1.29, 1.82) is 0 Å². The van der Waals surface area contributed by atoms with Gasteiger partial charge in [0.25, 0.3) is 0 Å². The molecular weight excluding hydrogens is 240 g/mol. The van der Waals surface area contributed by atoms with Crippen LogP contribution in [0.15, 0.2) is 12.5 Å². The van der Waals surface area contributed by atoms with E-state index in [1.54, 1.807) is 19.4 Å². The summed E-state index contributed by atoms with van der Waals surface area (Å²) in [7, 11) is 0. The molecule has 0 amide bonds. The molecule has 2 rings (SSSR count). The molecule has 2 aromatic heterocycles. The Morgan fingerprint density at radius 2 is 2.29 bits per heavy atom. The van der Waals surface area contributed by atoms with Gasteiger partial charge in [-0.1, -0.05) is 0 Å². The second-order valence-electron chi connectivity index (χ2n) is 3.59. The molecule has 7 heteroatoms. The number of nitrogen functional groups attached to an aromatic ring is 1. The van der Waals surface area contributed by atoms with E-state index in [0.717, 1.165) is 12.1 Å². The SMILES string of the molecule is Cc1nc(Cl)nc(NCCc2cnc[nH]2)c1N. The number of nitrogens with zero attached hydrogens (tertiary/aromatic N) is 3. The lowest BCUT2D eigenvalue weighted by Gasteiger charge is -2.09. The number of anilines is 2. The van der Waals surface area contributed by atoms with Gasteiger partial charge in [0.05, 0.1) is 17.7 Å². The highest BCUT2D eigenvalue weighted by atomic mass is 35.5. The van der Waals surface area contributed by atoms with Crippen LogP contribution < -0.4 is 11.1 Å². The standard InChI is InChI=1S/C10H13ClN6/c1-6-8(12)9(17-10(11)16-6)14-3-2-7-4-13-5-15-7/h4-5H,2-3,12H2,1H3,(H,13,15)(H,14,16,17). The molecule has 0 radical (unpaired) electrons. The molecule has 0 aliphatic carbocycles. The van der Waals surface area contributed by atoms with Gasteiger partial charge in [0, 0.05) is 24.9 Å². The summed E-state index contributed by atoms with van der Waals surface area (Å²) in [6, 6.07) is 0. The Morgan fingerprint density at radius 1 is 1.47 bits per heavy atom. The Morgan fingerprint density at radius 3 is 3.00 bits per heavy atom. The van der Waals surface area contributed by atoms with Crippen LogP contribution in [0.25, 0.3) is 0 Å². The predicted molar refractivity (Wildman–Crippen MR) is 67.0 cm³/mol. The van der Waals surface area contributed by atoms with Crippen molar-refractivity contribution < 1.29 is 0 Å². The molecule has 0 aromatic carbocycles. The third-order valence-corrected chi connectivity index (χ3v) is 2.52. The summed E-state index contributed by atoms with van der Waals surface area (Å²) in [5.41, 5.74) is 8.10. The van der Waals surface area contributed by atoms with Crippen LogP contribution in [-0.4, -0.2) is 26.5 Å². The molecule has 17 heavy (non-hydrogen) atoms. The van der Waals surface area contributed by atoms with Crippen LogP contribution in [0.4, 0.5) is 11.5 Å². The second-order valence-corrected chi connectivity index (χ2v) is 3.93. The number of aryl methyl sites for hydroxylation is 1. The van der Waals surface area contributed by atoms with E-state index in [4.69, 9.17) is 17.3 Å². The van der Waals surface area contributed by atoms with Crippen molar-refractivity contribution >= 4 is 23.1 Å². The molecule has 6 nitrogen and oxygen atoms in total. The highest BCUT2D eigenvalue weighted by Gasteiger charge is 2.07. The minimum absolute atomic E-state index is 0.195. The summed E-state index contributed by atoms with van der Waals surface area (Å²) in [6.07, 6.45) is 4.23. The van der Waals surface area contributed by atoms with E-state index in [1.807, 2.05) is 0 Å². The van der Waals surface area contributed by atoms with E-state index < -0.39 is 0 Å². The molecule has 2 heterocycles. The lowest BCUT2D eigenvalue weighted by Crippen LogP contribution is -2.10. The van der Waals surface area contributed by atoms with Gasteiger partial charge in [-0.15, -0.1) is 0 Å². The number of hydrogen-bond donors (Lipinski definition) is 3. The number of rotatable bonds is 4. The normalized spacial score (nSPS) is 10.5. The number of nitrogens with two attached hydrogens (primary N) is 1. The average molecular weight is 253 g/mol. The van der Waals surface area contributed by atoms with E-state index >= 15 is 0 Å². The Hall–Kier alpha value is -1.82. The number of nitrogens with one attached hydrogen (secondary N) is 2. The van der Waals surface area contributed by atoms with E-state index in [0.29, 0.717) is 23.7 Å². The topological polar surface area (TPSA) is 92.5 Å². The van der Waals surface area contributed by atoms with Crippen molar-refractivity contribution in [1.82, 2.24) is 19.9 Å². The van der Waals surface area contributed by atoms with Crippen molar-refractivity contribution in [3.05, 3.63) is 29.2 Å². The van der Waals surface area contributed by atoms with Crippen LogP contribution in [0, 0.1) is 6.92 Å². The zero-order valence-corrected chi connectivity index (χ0v) is 10.1. The lowest BCUT2D eigenvalue weighted by atomic mass is 10.3. The van der Waals surface area contributed by atoms with Crippen LogP contribution in [0.5, 0.6) is 0 Å².